The molecule has 0 aliphatic heterocycles. The van der Waals surface area contributed by atoms with Crippen molar-refractivity contribution in [2.45, 2.75) is 12.7 Å². The fourth-order valence-corrected chi connectivity index (χ4v) is 4.13. The monoisotopic (exact) mass is 517 g/mol. The van der Waals surface area contributed by atoms with Crippen LogP contribution >= 0.6 is 23.2 Å². The van der Waals surface area contributed by atoms with Gasteiger partial charge in [-0.1, -0.05) is 47.5 Å². The van der Waals surface area contributed by atoms with Gasteiger partial charge in [0.1, 0.15) is 17.2 Å². The summed E-state index contributed by atoms with van der Waals surface area (Å²) in [5, 5.41) is 0.111. The van der Waals surface area contributed by atoms with E-state index in [1.807, 2.05) is 0 Å². The van der Waals surface area contributed by atoms with Crippen LogP contribution in [0.2, 0.25) is 10.0 Å². The number of nitrogens with one attached hydrogen (secondary N) is 2. The number of alkyl halides is 3. The number of hydrogen-bond acceptors (Lipinski definition) is 3. The molecule has 33 heavy (non-hydrogen) atoms. The minimum atomic E-state index is -4.55. The van der Waals surface area contributed by atoms with Gasteiger partial charge in [-0.25, -0.2) is 22.5 Å². The van der Waals surface area contributed by atoms with Gasteiger partial charge in [0.2, 0.25) is 10.9 Å². The van der Waals surface area contributed by atoms with Crippen molar-refractivity contribution in [2.75, 3.05) is 0 Å². The molecule has 4 rings (SSSR count). The van der Waals surface area contributed by atoms with Crippen LogP contribution < -0.4 is 4.72 Å². The highest BCUT2D eigenvalue weighted by Crippen LogP contribution is 2.37. The van der Waals surface area contributed by atoms with Crippen LogP contribution in [0.4, 0.5) is 17.6 Å². The van der Waals surface area contributed by atoms with Crippen molar-refractivity contribution in [3.8, 4) is 22.5 Å². The largest absolute Gasteiger partial charge is 0.416 e. The van der Waals surface area contributed by atoms with Gasteiger partial charge in [-0.3, -0.25) is 0 Å². The van der Waals surface area contributed by atoms with E-state index in [9.17, 15) is 26.0 Å². The molecule has 0 spiro atoms. The number of hydrogen-bond donors (Lipinski definition) is 3. The molecule has 0 fully saturated rings. The van der Waals surface area contributed by atoms with Crippen molar-refractivity contribution >= 4 is 45.1 Å². The van der Waals surface area contributed by atoms with E-state index in [1.165, 1.54) is 12.1 Å². The van der Waals surface area contributed by atoms with Crippen molar-refractivity contribution < 1.29 is 26.0 Å². The molecule has 0 aliphatic carbocycles. The maximum absolute atomic E-state index is 14.3. The highest BCUT2D eigenvalue weighted by molar-refractivity contribution is 7.70. The third-order valence-electron chi connectivity index (χ3n) is 4.87. The highest BCUT2D eigenvalue weighted by atomic mass is 35.5. The van der Waals surface area contributed by atoms with E-state index in [0.717, 1.165) is 12.1 Å². The molecule has 0 saturated carbocycles. The van der Waals surface area contributed by atoms with Crippen LogP contribution in [0, 0.1) is 5.82 Å². The lowest BCUT2D eigenvalue weighted by Gasteiger charge is -2.09. The number of fused-ring (bicyclic) bond motifs is 1. The molecule has 172 valence electrons. The number of nitrogens with zero attached hydrogens (tertiary/aromatic N) is 1. The SMILES string of the molecule is O=[SH](=O)NCc1ccc(-c2ccc(-c3nc4c(Cl)cc(C(F)(F)F)cc4[nH]3)cc2Cl)cc1F. The van der Waals surface area contributed by atoms with Gasteiger partial charge in [-0.2, -0.15) is 13.2 Å². The Morgan fingerprint density at radius 3 is 2.33 bits per heavy atom. The summed E-state index contributed by atoms with van der Waals surface area (Å²) in [5.41, 5.74) is 1.03. The first-order valence-corrected chi connectivity index (χ1v) is 11.2. The number of rotatable bonds is 5. The molecule has 3 aromatic carbocycles. The lowest BCUT2D eigenvalue weighted by atomic mass is 10.0. The van der Waals surface area contributed by atoms with Gasteiger partial charge in [0.15, 0.2) is 0 Å². The number of thiol groups is 1. The average Bonchev–Trinajstić information content (AvgIpc) is 3.17. The lowest BCUT2D eigenvalue weighted by Crippen LogP contribution is -2.11. The van der Waals surface area contributed by atoms with Gasteiger partial charge in [-0.15, -0.1) is 0 Å². The molecule has 0 unspecified atom stereocenters. The van der Waals surface area contributed by atoms with Crippen molar-refractivity contribution in [2.24, 2.45) is 0 Å². The molecule has 0 atom stereocenters. The fraction of sp³-hybridized carbons (Fsp3) is 0.0952. The number of imidazole rings is 1. The molecule has 0 bridgehead atoms. The van der Waals surface area contributed by atoms with Crippen LogP contribution in [-0.2, 0) is 23.6 Å². The maximum atomic E-state index is 14.3. The topological polar surface area (TPSA) is 74.8 Å². The fourth-order valence-electron chi connectivity index (χ4n) is 3.28. The zero-order valence-electron chi connectivity index (χ0n) is 16.3. The standard InChI is InChI=1S/C21H13Cl2F4N3O2S/c22-15-5-11(20-29-18-8-13(21(25,26)27)7-16(23)19(18)30-20)3-4-14(15)10-1-2-12(17(24)6-10)9-28-33(31)32/h1-8,33H,9H2,(H,29,30)(H,28,31,32). The summed E-state index contributed by atoms with van der Waals surface area (Å²) in [6.45, 7) is -0.178. The van der Waals surface area contributed by atoms with Crippen LogP contribution in [0.3, 0.4) is 0 Å². The van der Waals surface area contributed by atoms with E-state index < -0.39 is 28.4 Å². The number of benzene rings is 3. The van der Waals surface area contributed by atoms with Gasteiger partial charge in [0, 0.05) is 28.3 Å². The first-order valence-electron chi connectivity index (χ1n) is 9.26. The molecule has 0 radical (unpaired) electrons. The Morgan fingerprint density at radius 1 is 0.970 bits per heavy atom. The molecule has 5 nitrogen and oxygen atoms in total. The maximum Gasteiger partial charge on any atom is 0.416 e. The number of aromatic amines is 1. The Hall–Kier alpha value is -2.66. The van der Waals surface area contributed by atoms with Crippen LogP contribution in [-0.4, -0.2) is 18.4 Å². The first-order chi connectivity index (χ1) is 15.5. The van der Waals surface area contributed by atoms with Gasteiger partial charge in [0.05, 0.1) is 16.1 Å². The zero-order valence-corrected chi connectivity index (χ0v) is 18.7. The van der Waals surface area contributed by atoms with Crippen molar-refractivity contribution in [1.29, 1.82) is 0 Å². The Bertz CT molecular complexity index is 1440. The van der Waals surface area contributed by atoms with Crippen molar-refractivity contribution in [3.05, 3.63) is 75.5 Å². The van der Waals surface area contributed by atoms with Gasteiger partial charge in [0.25, 0.3) is 0 Å². The molecule has 0 aliphatic rings. The normalized spacial score (nSPS) is 12.1. The minimum Gasteiger partial charge on any atom is -0.338 e. The minimum absolute atomic E-state index is 0.121. The second kappa shape index (κ2) is 8.94. The van der Waals surface area contributed by atoms with Crippen molar-refractivity contribution in [3.63, 3.8) is 0 Å². The van der Waals surface area contributed by atoms with Crippen LogP contribution in [0.1, 0.15) is 11.1 Å². The van der Waals surface area contributed by atoms with Gasteiger partial charge < -0.3 is 4.98 Å². The second-order valence-corrected chi connectivity index (χ2v) is 8.68. The second-order valence-electron chi connectivity index (χ2n) is 7.03. The third kappa shape index (κ3) is 4.98. The van der Waals surface area contributed by atoms with E-state index in [4.69, 9.17) is 23.2 Å². The first kappa shape index (κ1) is 23.5. The molecule has 2 N–H and O–H groups in total. The number of H-pyrrole nitrogens is 1. The van der Waals surface area contributed by atoms with Crippen LogP contribution in [0.25, 0.3) is 33.5 Å². The van der Waals surface area contributed by atoms with E-state index in [2.05, 4.69) is 14.7 Å². The van der Waals surface area contributed by atoms with Crippen LogP contribution in [0.5, 0.6) is 0 Å². The van der Waals surface area contributed by atoms with E-state index in [-0.39, 0.29) is 39.0 Å². The highest BCUT2D eigenvalue weighted by Gasteiger charge is 2.31. The molecular weight excluding hydrogens is 505 g/mol. The lowest BCUT2D eigenvalue weighted by molar-refractivity contribution is -0.137. The number of halogens is 6. The summed E-state index contributed by atoms with van der Waals surface area (Å²) < 4.78 is 76.9. The average molecular weight is 518 g/mol. The summed E-state index contributed by atoms with van der Waals surface area (Å²) in [4.78, 5) is 7.10. The Kier molecular flexibility index (Phi) is 6.37. The van der Waals surface area contributed by atoms with E-state index >= 15 is 0 Å². The number of aromatic nitrogens is 2. The Morgan fingerprint density at radius 2 is 1.70 bits per heavy atom. The third-order valence-corrected chi connectivity index (χ3v) is 5.89. The summed E-state index contributed by atoms with van der Waals surface area (Å²) in [6, 6.07) is 10.8. The smallest absolute Gasteiger partial charge is 0.338 e. The Balaban J connectivity index is 1.67. The quantitative estimate of drug-likeness (QED) is 0.225. The molecule has 4 aromatic rings. The van der Waals surface area contributed by atoms with E-state index in [1.54, 1.807) is 24.3 Å². The summed E-state index contributed by atoms with van der Waals surface area (Å²) >= 11 is 12.4. The van der Waals surface area contributed by atoms with Gasteiger partial charge >= 0.3 is 6.18 Å². The van der Waals surface area contributed by atoms with Crippen molar-refractivity contribution in [1.82, 2.24) is 14.7 Å². The molecular formula is C21H13Cl2F4N3O2S. The molecule has 12 heteroatoms. The molecule has 0 saturated heterocycles. The molecule has 0 amide bonds. The van der Waals surface area contributed by atoms with E-state index in [0.29, 0.717) is 16.7 Å². The molecule has 1 heterocycles. The predicted molar refractivity (Wildman–Crippen MR) is 119 cm³/mol. The van der Waals surface area contributed by atoms with Crippen LogP contribution in [0.15, 0.2) is 48.5 Å². The zero-order chi connectivity index (χ0) is 23.9. The predicted octanol–water partition coefficient (Wildman–Crippen LogP) is 5.98. The molecule has 1 aromatic heterocycles. The van der Waals surface area contributed by atoms with Gasteiger partial charge in [-0.05, 0) is 29.8 Å². The summed E-state index contributed by atoms with van der Waals surface area (Å²) in [6.07, 6.45) is -4.55. The Labute approximate surface area is 196 Å². The summed E-state index contributed by atoms with van der Waals surface area (Å²) in [5.74, 6) is -0.344. The summed E-state index contributed by atoms with van der Waals surface area (Å²) in [7, 11) is -2.85.